The smallest absolute Gasteiger partial charge is 0.377 e. The third kappa shape index (κ3) is 5.34. The normalized spacial score (nSPS) is 18.3. The number of aromatic nitrogens is 1. The van der Waals surface area contributed by atoms with E-state index in [1.165, 1.54) is 23.2 Å². The first-order valence-electron chi connectivity index (χ1n) is 7.10. The van der Waals surface area contributed by atoms with Crippen LogP contribution in [0.1, 0.15) is 16.9 Å². The lowest BCUT2D eigenvalue weighted by Gasteiger charge is -2.35. The Balaban J connectivity index is 2.00. The summed E-state index contributed by atoms with van der Waals surface area (Å²) < 4.78 is 41.6. The first kappa shape index (κ1) is 18.5. The van der Waals surface area contributed by atoms with E-state index in [4.69, 9.17) is 16.3 Å². The van der Waals surface area contributed by atoms with Gasteiger partial charge in [0.05, 0.1) is 24.3 Å². The van der Waals surface area contributed by atoms with Gasteiger partial charge in [0.15, 0.2) is 0 Å². The molecule has 0 unspecified atom stereocenters. The molecule has 1 aromatic rings. The molecule has 24 heavy (non-hydrogen) atoms. The zero-order valence-electron chi connectivity index (χ0n) is 12.5. The van der Waals surface area contributed by atoms with E-state index in [1.807, 2.05) is 0 Å². The van der Waals surface area contributed by atoms with Crippen molar-refractivity contribution in [3.63, 3.8) is 0 Å². The van der Waals surface area contributed by atoms with Crippen LogP contribution in [0.2, 0.25) is 5.02 Å². The molecule has 6 nitrogen and oxygen atoms in total. The fraction of sp³-hybridized carbons (Fsp3) is 0.500. The summed E-state index contributed by atoms with van der Waals surface area (Å²) in [6.45, 7) is -0.842. The Bertz CT molecular complexity index is 595. The Hall–Kier alpha value is -1.87. The minimum Gasteiger partial charge on any atom is -0.377 e. The molecule has 0 saturated carbocycles. The second-order valence-corrected chi connectivity index (χ2v) is 5.62. The van der Waals surface area contributed by atoms with Crippen molar-refractivity contribution < 1.29 is 27.5 Å². The second-order valence-electron chi connectivity index (χ2n) is 5.18. The maximum Gasteiger partial charge on any atom is 0.405 e. The maximum absolute atomic E-state index is 12.5. The lowest BCUT2D eigenvalue weighted by molar-refractivity contribution is -0.139. The zero-order valence-corrected chi connectivity index (χ0v) is 13.2. The van der Waals surface area contributed by atoms with Gasteiger partial charge in [-0.25, -0.2) is 4.98 Å². The highest BCUT2D eigenvalue weighted by molar-refractivity contribution is 6.30. The van der Waals surface area contributed by atoms with E-state index in [2.05, 4.69) is 4.98 Å². The van der Waals surface area contributed by atoms with Crippen molar-refractivity contribution in [2.45, 2.75) is 18.6 Å². The van der Waals surface area contributed by atoms with Gasteiger partial charge in [-0.1, -0.05) is 11.6 Å². The SMILES string of the molecule is O=C(C[C@@H]1COCCN1C(=O)c1ccc(Cl)cn1)NCC(F)(F)F. The number of nitrogens with zero attached hydrogens (tertiary/aromatic N) is 2. The topological polar surface area (TPSA) is 71.5 Å². The van der Waals surface area contributed by atoms with E-state index >= 15 is 0 Å². The third-order valence-electron chi connectivity index (χ3n) is 3.34. The average molecular weight is 366 g/mol. The van der Waals surface area contributed by atoms with Crippen molar-refractivity contribution in [1.82, 2.24) is 15.2 Å². The molecule has 0 spiro atoms. The van der Waals surface area contributed by atoms with Gasteiger partial charge in [0, 0.05) is 19.2 Å². The highest BCUT2D eigenvalue weighted by Gasteiger charge is 2.32. The number of pyridine rings is 1. The fourth-order valence-corrected chi connectivity index (χ4v) is 2.34. The molecule has 1 N–H and O–H groups in total. The number of halogens is 4. The number of amides is 2. The number of rotatable bonds is 4. The van der Waals surface area contributed by atoms with Crippen LogP contribution in [-0.2, 0) is 9.53 Å². The molecule has 0 radical (unpaired) electrons. The third-order valence-corrected chi connectivity index (χ3v) is 3.57. The van der Waals surface area contributed by atoms with Gasteiger partial charge in [0.25, 0.3) is 5.91 Å². The highest BCUT2D eigenvalue weighted by Crippen LogP contribution is 2.16. The minimum absolute atomic E-state index is 0.0682. The van der Waals surface area contributed by atoms with Gasteiger partial charge in [0.1, 0.15) is 12.2 Å². The van der Waals surface area contributed by atoms with E-state index in [1.54, 1.807) is 5.32 Å². The molecule has 2 rings (SSSR count). The van der Waals surface area contributed by atoms with Crippen LogP contribution in [0.15, 0.2) is 18.3 Å². The Morgan fingerprint density at radius 3 is 2.79 bits per heavy atom. The minimum atomic E-state index is -4.48. The number of hydrogen-bond acceptors (Lipinski definition) is 4. The quantitative estimate of drug-likeness (QED) is 0.880. The van der Waals surface area contributed by atoms with Crippen LogP contribution in [0, 0.1) is 0 Å². The first-order chi connectivity index (χ1) is 11.3. The maximum atomic E-state index is 12.5. The molecule has 2 amide bonds. The number of alkyl halides is 3. The molecule has 0 bridgehead atoms. The summed E-state index contributed by atoms with van der Waals surface area (Å²) in [7, 11) is 0. The first-order valence-corrected chi connectivity index (χ1v) is 7.48. The van der Waals surface area contributed by atoms with E-state index in [0.717, 1.165) is 0 Å². The number of carbonyl (C=O) groups excluding carboxylic acids is 2. The number of nitrogens with one attached hydrogen (secondary N) is 1. The van der Waals surface area contributed by atoms with Gasteiger partial charge in [-0.2, -0.15) is 13.2 Å². The van der Waals surface area contributed by atoms with E-state index in [-0.39, 0.29) is 31.9 Å². The van der Waals surface area contributed by atoms with Crippen molar-refractivity contribution in [1.29, 1.82) is 0 Å². The summed E-state index contributed by atoms with van der Waals surface area (Å²) in [6, 6.07) is 2.30. The summed E-state index contributed by atoms with van der Waals surface area (Å²) >= 11 is 5.72. The number of carbonyl (C=O) groups is 2. The molecule has 1 atom stereocenters. The number of ether oxygens (including phenoxy) is 1. The predicted molar refractivity (Wildman–Crippen MR) is 78.6 cm³/mol. The van der Waals surface area contributed by atoms with Crippen molar-refractivity contribution >= 4 is 23.4 Å². The van der Waals surface area contributed by atoms with Crippen molar-refractivity contribution in [2.24, 2.45) is 0 Å². The van der Waals surface area contributed by atoms with Gasteiger partial charge in [-0.3, -0.25) is 9.59 Å². The van der Waals surface area contributed by atoms with Crippen LogP contribution in [-0.4, -0.2) is 60.2 Å². The van der Waals surface area contributed by atoms with Crippen LogP contribution < -0.4 is 5.32 Å². The molecule has 1 aromatic heterocycles. The van der Waals surface area contributed by atoms with Crippen molar-refractivity contribution in [2.75, 3.05) is 26.3 Å². The fourth-order valence-electron chi connectivity index (χ4n) is 2.23. The van der Waals surface area contributed by atoms with Crippen LogP contribution in [0.4, 0.5) is 13.2 Å². The molecule has 10 heteroatoms. The van der Waals surface area contributed by atoms with Crippen molar-refractivity contribution in [3.8, 4) is 0 Å². The summed E-state index contributed by atoms with van der Waals surface area (Å²) in [5.74, 6) is -1.23. The molecule has 1 saturated heterocycles. The van der Waals surface area contributed by atoms with Gasteiger partial charge in [-0.15, -0.1) is 0 Å². The van der Waals surface area contributed by atoms with Gasteiger partial charge in [-0.05, 0) is 12.1 Å². The highest BCUT2D eigenvalue weighted by atomic mass is 35.5. The molecule has 0 aromatic carbocycles. The Morgan fingerprint density at radius 1 is 1.42 bits per heavy atom. The van der Waals surface area contributed by atoms with Crippen LogP contribution in [0.25, 0.3) is 0 Å². The van der Waals surface area contributed by atoms with Gasteiger partial charge >= 0.3 is 6.18 Å². The summed E-state index contributed by atoms with van der Waals surface area (Å²) in [5, 5.41) is 2.16. The largest absolute Gasteiger partial charge is 0.405 e. The molecule has 1 fully saturated rings. The molecular weight excluding hydrogens is 351 g/mol. The van der Waals surface area contributed by atoms with E-state index in [0.29, 0.717) is 5.02 Å². The Morgan fingerprint density at radius 2 is 2.17 bits per heavy atom. The molecule has 132 valence electrons. The number of hydrogen-bond donors (Lipinski definition) is 1. The Labute approximate surface area is 140 Å². The molecular formula is C14H15ClF3N3O3. The second kappa shape index (κ2) is 7.80. The summed E-state index contributed by atoms with van der Waals surface area (Å²) in [5.41, 5.74) is 0.141. The molecule has 0 aliphatic carbocycles. The van der Waals surface area contributed by atoms with Gasteiger partial charge in [0.2, 0.25) is 5.91 Å². The molecule has 1 aliphatic heterocycles. The average Bonchev–Trinajstić information content (AvgIpc) is 2.53. The van der Waals surface area contributed by atoms with Gasteiger partial charge < -0.3 is 15.0 Å². The van der Waals surface area contributed by atoms with E-state index < -0.39 is 30.6 Å². The van der Waals surface area contributed by atoms with Crippen LogP contribution in [0.5, 0.6) is 0 Å². The van der Waals surface area contributed by atoms with Crippen LogP contribution >= 0.6 is 11.6 Å². The number of morpholine rings is 1. The van der Waals surface area contributed by atoms with E-state index in [9.17, 15) is 22.8 Å². The monoisotopic (exact) mass is 365 g/mol. The summed E-state index contributed by atoms with van der Waals surface area (Å²) in [6.07, 6.45) is -3.45. The summed E-state index contributed by atoms with van der Waals surface area (Å²) in [4.78, 5) is 29.4. The standard InChI is InChI=1S/C14H15ClF3N3O3/c15-9-1-2-11(19-6-9)13(23)21-3-4-24-7-10(21)5-12(22)20-8-14(16,17)18/h1-2,6,10H,3-5,7-8H2,(H,20,22)/t10-/m1/s1. The molecule has 2 heterocycles. The van der Waals surface area contributed by atoms with Crippen molar-refractivity contribution in [3.05, 3.63) is 29.0 Å². The molecule has 1 aliphatic rings. The predicted octanol–water partition coefficient (Wildman–Crippen LogP) is 1.64. The zero-order chi connectivity index (χ0) is 17.7. The Kier molecular flexibility index (Phi) is 6.00. The lowest BCUT2D eigenvalue weighted by Crippen LogP contribution is -2.51. The lowest BCUT2D eigenvalue weighted by atomic mass is 10.1. The van der Waals surface area contributed by atoms with Crippen LogP contribution in [0.3, 0.4) is 0 Å².